The number of fused-ring (bicyclic) bond motifs is 1. The molecule has 2 aromatic heterocycles. The quantitative estimate of drug-likeness (QED) is 0.650. The van der Waals surface area contributed by atoms with Crippen molar-refractivity contribution in [2.24, 2.45) is 5.73 Å². The third-order valence-corrected chi connectivity index (χ3v) is 4.15. The van der Waals surface area contributed by atoms with E-state index in [1.807, 2.05) is 6.92 Å². The van der Waals surface area contributed by atoms with Gasteiger partial charge in [-0.1, -0.05) is 6.92 Å². The highest BCUT2D eigenvalue weighted by molar-refractivity contribution is 6.00. The Balaban J connectivity index is 1.95. The van der Waals surface area contributed by atoms with Crippen LogP contribution in [0.4, 0.5) is 4.39 Å². The largest absolute Gasteiger partial charge is 0.493 e. The van der Waals surface area contributed by atoms with E-state index in [0.29, 0.717) is 23.1 Å². The average molecular weight is 359 g/mol. The molecular weight excluding hydrogens is 341 g/mol. The molecule has 1 aromatic carbocycles. The van der Waals surface area contributed by atoms with Gasteiger partial charge in [0.15, 0.2) is 28.6 Å². The van der Waals surface area contributed by atoms with E-state index in [4.69, 9.17) is 19.3 Å². The van der Waals surface area contributed by atoms with Crippen LogP contribution < -0.4 is 10.5 Å². The predicted molar refractivity (Wildman–Crippen MR) is 92.0 cm³/mol. The molecule has 0 unspecified atom stereocenters. The Morgan fingerprint density at radius 1 is 1.23 bits per heavy atom. The maximum Gasteiger partial charge on any atom is 0.284 e. The molecule has 0 bridgehead atoms. The fourth-order valence-corrected chi connectivity index (χ4v) is 2.86. The monoisotopic (exact) mass is 359 g/mol. The number of hydrogen-bond acceptors (Lipinski definition) is 5. The van der Waals surface area contributed by atoms with Crippen molar-refractivity contribution < 1.29 is 27.6 Å². The van der Waals surface area contributed by atoms with Crippen molar-refractivity contribution in [1.29, 1.82) is 0 Å². The van der Waals surface area contributed by atoms with Gasteiger partial charge in [-0.3, -0.25) is 9.59 Å². The molecule has 3 rings (SSSR count). The van der Waals surface area contributed by atoms with Crippen LogP contribution in [0.1, 0.15) is 45.8 Å². The molecule has 2 heterocycles. The summed E-state index contributed by atoms with van der Waals surface area (Å²) in [5.74, 6) is -0.553. The van der Waals surface area contributed by atoms with E-state index >= 15 is 0 Å². The van der Waals surface area contributed by atoms with E-state index in [9.17, 15) is 14.0 Å². The van der Waals surface area contributed by atoms with Crippen LogP contribution in [0, 0.1) is 5.82 Å². The Labute approximate surface area is 148 Å². The van der Waals surface area contributed by atoms with Crippen molar-refractivity contribution in [3.63, 3.8) is 0 Å². The molecule has 0 spiro atoms. The van der Waals surface area contributed by atoms with Crippen LogP contribution in [-0.4, -0.2) is 18.8 Å². The van der Waals surface area contributed by atoms with E-state index in [1.165, 1.54) is 13.2 Å². The summed E-state index contributed by atoms with van der Waals surface area (Å²) in [6, 6.07) is 5.75. The molecule has 0 saturated heterocycles. The predicted octanol–water partition coefficient (Wildman–Crippen LogP) is 3.65. The summed E-state index contributed by atoms with van der Waals surface area (Å²) >= 11 is 0. The van der Waals surface area contributed by atoms with Crippen molar-refractivity contribution in [1.82, 2.24) is 0 Å². The number of aryl methyl sites for hydroxylation is 2. The lowest BCUT2D eigenvalue weighted by Gasteiger charge is -2.02. The lowest BCUT2D eigenvalue weighted by molar-refractivity contribution is 0.0946. The van der Waals surface area contributed by atoms with Gasteiger partial charge in [0.2, 0.25) is 0 Å². The fraction of sp³-hybridized carbons (Fsp3) is 0.263. The van der Waals surface area contributed by atoms with Gasteiger partial charge < -0.3 is 19.3 Å². The number of nitrogens with two attached hydrogens (primary N) is 1. The molecule has 0 atom stereocenters. The summed E-state index contributed by atoms with van der Waals surface area (Å²) < 4.78 is 29.9. The molecule has 7 heteroatoms. The minimum Gasteiger partial charge on any atom is -0.493 e. The van der Waals surface area contributed by atoms with Crippen LogP contribution in [0.2, 0.25) is 0 Å². The van der Waals surface area contributed by atoms with Crippen molar-refractivity contribution in [3.8, 4) is 5.75 Å². The van der Waals surface area contributed by atoms with Crippen LogP contribution in [0.3, 0.4) is 0 Å². The van der Waals surface area contributed by atoms with Gasteiger partial charge in [0.05, 0.1) is 7.11 Å². The maximum atomic E-state index is 13.9. The van der Waals surface area contributed by atoms with Gasteiger partial charge in [0.1, 0.15) is 11.6 Å². The van der Waals surface area contributed by atoms with Gasteiger partial charge in [0, 0.05) is 29.9 Å². The molecule has 26 heavy (non-hydrogen) atoms. The maximum absolute atomic E-state index is 13.9. The first-order chi connectivity index (χ1) is 12.4. The Morgan fingerprint density at radius 2 is 2.00 bits per heavy atom. The summed E-state index contributed by atoms with van der Waals surface area (Å²) in [4.78, 5) is 24.1. The van der Waals surface area contributed by atoms with Crippen molar-refractivity contribution in [2.75, 3.05) is 7.11 Å². The van der Waals surface area contributed by atoms with Crippen LogP contribution in [0.5, 0.6) is 5.75 Å². The lowest BCUT2D eigenvalue weighted by atomic mass is 10.0. The third kappa shape index (κ3) is 3.20. The number of benzene rings is 1. The van der Waals surface area contributed by atoms with Gasteiger partial charge in [-0.2, -0.15) is 0 Å². The molecule has 1 amide bonds. The van der Waals surface area contributed by atoms with Crippen molar-refractivity contribution in [3.05, 3.63) is 52.9 Å². The van der Waals surface area contributed by atoms with Crippen LogP contribution in [-0.2, 0) is 12.8 Å². The molecule has 0 radical (unpaired) electrons. The molecule has 0 aliphatic heterocycles. The second kappa shape index (κ2) is 7.03. The van der Waals surface area contributed by atoms with Gasteiger partial charge in [-0.25, -0.2) is 4.39 Å². The number of hydrogen-bond donors (Lipinski definition) is 1. The summed E-state index contributed by atoms with van der Waals surface area (Å²) in [7, 11) is 1.37. The van der Waals surface area contributed by atoms with Gasteiger partial charge in [-0.05, 0) is 24.6 Å². The lowest BCUT2D eigenvalue weighted by Crippen LogP contribution is -2.12. The molecule has 0 aliphatic carbocycles. The Morgan fingerprint density at radius 3 is 2.62 bits per heavy atom. The number of amides is 1. The van der Waals surface area contributed by atoms with Crippen molar-refractivity contribution in [2.45, 2.75) is 26.2 Å². The van der Waals surface area contributed by atoms with E-state index in [0.717, 1.165) is 6.07 Å². The van der Waals surface area contributed by atoms with E-state index in [2.05, 4.69) is 0 Å². The molecular formula is C19H18FNO5. The number of Topliss-reactive ketones (excluding diaryl/α,β-unsaturated/α-hetero) is 1. The van der Waals surface area contributed by atoms with E-state index in [-0.39, 0.29) is 41.5 Å². The van der Waals surface area contributed by atoms with E-state index in [1.54, 1.807) is 12.1 Å². The van der Waals surface area contributed by atoms with Crippen LogP contribution >= 0.6 is 0 Å². The molecule has 0 saturated carbocycles. The number of carbonyl (C=O) groups excluding carboxylic acids is 2. The molecule has 0 fully saturated rings. The molecule has 0 aliphatic rings. The number of carbonyl (C=O) groups is 2. The number of methoxy groups -OCH3 is 1. The number of primary amides is 1. The topological polar surface area (TPSA) is 95.7 Å². The third-order valence-electron chi connectivity index (χ3n) is 4.15. The van der Waals surface area contributed by atoms with Gasteiger partial charge in [0.25, 0.3) is 5.91 Å². The van der Waals surface area contributed by atoms with Crippen molar-refractivity contribution >= 4 is 22.7 Å². The number of ketones is 1. The minimum absolute atomic E-state index is 0.0599. The first-order valence-corrected chi connectivity index (χ1v) is 8.15. The Kier molecular flexibility index (Phi) is 4.79. The number of halogens is 1. The number of furan rings is 2. The first kappa shape index (κ1) is 17.7. The molecule has 136 valence electrons. The minimum atomic E-state index is -0.794. The Bertz CT molecular complexity index is 985. The molecule has 6 nitrogen and oxygen atoms in total. The van der Waals surface area contributed by atoms with Crippen LogP contribution in [0.15, 0.2) is 33.1 Å². The zero-order chi connectivity index (χ0) is 18.8. The standard InChI is InChI=1S/C19H18FNO5/c1-3-11-4-7-15(25-11)14(22)6-5-12-13-8-10(20)9-16(24-2)17(13)26-18(12)19(21)23/h4,7-9H,3,5-6H2,1-2H3,(H2,21,23). The summed E-state index contributed by atoms with van der Waals surface area (Å²) in [6.07, 6.45) is 0.897. The highest BCUT2D eigenvalue weighted by atomic mass is 19.1. The second-order valence-electron chi connectivity index (χ2n) is 5.80. The molecule has 2 N–H and O–H groups in total. The van der Waals surface area contributed by atoms with Gasteiger partial charge >= 0.3 is 0 Å². The summed E-state index contributed by atoms with van der Waals surface area (Å²) in [5, 5.41) is 0.358. The smallest absolute Gasteiger partial charge is 0.284 e. The number of ether oxygens (including phenoxy) is 1. The first-order valence-electron chi connectivity index (χ1n) is 8.15. The fourth-order valence-electron chi connectivity index (χ4n) is 2.86. The van der Waals surface area contributed by atoms with E-state index < -0.39 is 11.7 Å². The second-order valence-corrected chi connectivity index (χ2v) is 5.80. The zero-order valence-corrected chi connectivity index (χ0v) is 14.4. The number of rotatable bonds is 7. The molecule has 3 aromatic rings. The zero-order valence-electron chi connectivity index (χ0n) is 14.4. The average Bonchev–Trinajstić information content (AvgIpc) is 3.23. The van der Waals surface area contributed by atoms with Gasteiger partial charge in [-0.15, -0.1) is 0 Å². The Hall–Kier alpha value is -3.09. The SMILES string of the molecule is CCc1ccc(C(=O)CCc2c(C(N)=O)oc3c(OC)cc(F)cc23)o1. The normalized spacial score (nSPS) is 11.0. The van der Waals surface area contributed by atoms with Crippen LogP contribution in [0.25, 0.3) is 11.0 Å². The summed E-state index contributed by atoms with van der Waals surface area (Å²) in [6.45, 7) is 1.92. The highest BCUT2D eigenvalue weighted by Crippen LogP contribution is 2.34. The highest BCUT2D eigenvalue weighted by Gasteiger charge is 2.23. The summed E-state index contributed by atoms with van der Waals surface area (Å²) in [5.41, 5.74) is 5.97.